The molecule has 0 fully saturated rings. The zero-order chi connectivity index (χ0) is 30.5. The van der Waals surface area contributed by atoms with Crippen molar-refractivity contribution in [3.8, 4) is 0 Å². The van der Waals surface area contributed by atoms with Gasteiger partial charge in [-0.1, -0.05) is 80.6 Å². The van der Waals surface area contributed by atoms with Crippen LogP contribution in [0.15, 0.2) is 83.8 Å². The standard InChI is InChI=1S/C32H38N2O7S/c1-4-20-33(21-5-2)30(35)24-41-32(37)34(6-3)42(38,39)29-19-13-18-27(28(29)22-25-14-9-7-10-15-25)31(36)40-23-26-16-11-8-12-17-26/h7-19H,4-6,20-24H2,1-3H3. The average molecular weight is 595 g/mol. The largest absolute Gasteiger partial charge is 0.457 e. The van der Waals surface area contributed by atoms with E-state index in [0.717, 1.165) is 24.0 Å². The normalized spacial score (nSPS) is 11.0. The number of ether oxygens (including phenoxy) is 2. The first kappa shape index (κ1) is 32.3. The molecule has 10 heteroatoms. The molecule has 2 amide bonds. The molecular weight excluding hydrogens is 556 g/mol. The molecule has 0 bridgehead atoms. The van der Waals surface area contributed by atoms with Crippen molar-refractivity contribution in [2.45, 2.75) is 51.5 Å². The van der Waals surface area contributed by atoms with Crippen molar-refractivity contribution >= 4 is 28.0 Å². The number of hydrogen-bond donors (Lipinski definition) is 0. The number of carbonyl (C=O) groups excluding carboxylic acids is 3. The van der Waals surface area contributed by atoms with Crippen LogP contribution in [-0.2, 0) is 37.3 Å². The smallest absolute Gasteiger partial charge is 0.424 e. The molecule has 0 saturated carbocycles. The van der Waals surface area contributed by atoms with E-state index in [1.165, 1.54) is 25.1 Å². The fourth-order valence-electron chi connectivity index (χ4n) is 4.49. The van der Waals surface area contributed by atoms with Crippen LogP contribution in [0.3, 0.4) is 0 Å². The second kappa shape index (κ2) is 15.7. The third kappa shape index (κ3) is 8.42. The van der Waals surface area contributed by atoms with Gasteiger partial charge in [-0.15, -0.1) is 0 Å². The van der Waals surface area contributed by atoms with E-state index in [-0.39, 0.29) is 35.6 Å². The SMILES string of the molecule is CCCN(CCC)C(=O)COC(=O)N(CC)S(=O)(=O)c1cccc(C(=O)OCc2ccccc2)c1Cc1ccccc1. The van der Waals surface area contributed by atoms with Crippen molar-refractivity contribution in [3.05, 3.63) is 101 Å². The predicted molar refractivity (Wildman–Crippen MR) is 159 cm³/mol. The molecule has 3 rings (SSSR count). The summed E-state index contributed by atoms with van der Waals surface area (Å²) < 4.78 is 39.2. The number of hydrogen-bond acceptors (Lipinski definition) is 7. The highest BCUT2D eigenvalue weighted by Gasteiger charge is 2.33. The van der Waals surface area contributed by atoms with Gasteiger partial charge >= 0.3 is 12.1 Å². The molecule has 0 saturated heterocycles. The summed E-state index contributed by atoms with van der Waals surface area (Å²) in [5.74, 6) is -1.08. The first-order valence-electron chi connectivity index (χ1n) is 14.1. The lowest BCUT2D eigenvalue weighted by molar-refractivity contribution is -0.134. The number of rotatable bonds is 14. The fraction of sp³-hybridized carbons (Fsp3) is 0.344. The average Bonchev–Trinajstić information content (AvgIpc) is 2.99. The zero-order valence-electron chi connectivity index (χ0n) is 24.3. The van der Waals surface area contributed by atoms with E-state index in [4.69, 9.17) is 9.47 Å². The van der Waals surface area contributed by atoms with Crippen molar-refractivity contribution in [1.29, 1.82) is 0 Å². The van der Waals surface area contributed by atoms with E-state index in [0.29, 0.717) is 17.4 Å². The first-order valence-corrected chi connectivity index (χ1v) is 15.5. The van der Waals surface area contributed by atoms with Gasteiger partial charge in [0.2, 0.25) is 0 Å². The van der Waals surface area contributed by atoms with Crippen LogP contribution in [0.4, 0.5) is 4.79 Å². The monoisotopic (exact) mass is 594 g/mol. The van der Waals surface area contributed by atoms with Crippen LogP contribution in [0.1, 0.15) is 60.7 Å². The Morgan fingerprint density at radius 3 is 1.90 bits per heavy atom. The summed E-state index contributed by atoms with van der Waals surface area (Å²) in [6.45, 7) is 5.58. The van der Waals surface area contributed by atoms with Crippen molar-refractivity contribution in [3.63, 3.8) is 0 Å². The lowest BCUT2D eigenvalue weighted by Crippen LogP contribution is -2.41. The molecule has 0 aromatic heterocycles. The Morgan fingerprint density at radius 2 is 1.33 bits per heavy atom. The molecule has 0 spiro atoms. The van der Waals surface area contributed by atoms with Crippen molar-refractivity contribution in [1.82, 2.24) is 9.21 Å². The quantitative estimate of drug-likeness (QED) is 0.229. The molecule has 0 unspecified atom stereocenters. The summed E-state index contributed by atoms with van der Waals surface area (Å²) in [6.07, 6.45) is 0.411. The van der Waals surface area contributed by atoms with E-state index in [9.17, 15) is 22.8 Å². The second-order valence-corrected chi connectivity index (χ2v) is 11.4. The molecule has 0 radical (unpaired) electrons. The summed E-state index contributed by atoms with van der Waals surface area (Å²) in [5, 5.41) is 0. The molecule has 3 aromatic rings. The van der Waals surface area contributed by atoms with Crippen molar-refractivity contribution < 1.29 is 32.3 Å². The number of amides is 2. The number of esters is 1. The van der Waals surface area contributed by atoms with Crippen LogP contribution in [0.25, 0.3) is 0 Å². The Bertz CT molecular complexity index is 1440. The highest BCUT2D eigenvalue weighted by atomic mass is 32.2. The van der Waals surface area contributed by atoms with Crippen LogP contribution in [0.5, 0.6) is 0 Å². The summed E-state index contributed by atoms with van der Waals surface area (Å²) in [4.78, 5) is 40.3. The first-order chi connectivity index (χ1) is 20.2. The zero-order valence-corrected chi connectivity index (χ0v) is 25.1. The van der Waals surface area contributed by atoms with Gasteiger partial charge in [-0.3, -0.25) is 4.79 Å². The van der Waals surface area contributed by atoms with E-state index >= 15 is 0 Å². The molecule has 0 aliphatic carbocycles. The summed E-state index contributed by atoms with van der Waals surface area (Å²) in [7, 11) is -4.49. The van der Waals surface area contributed by atoms with E-state index in [2.05, 4.69) is 0 Å². The van der Waals surface area contributed by atoms with Gasteiger partial charge in [0.1, 0.15) is 6.61 Å². The lowest BCUT2D eigenvalue weighted by atomic mass is 9.99. The molecule has 3 aromatic carbocycles. The Morgan fingerprint density at radius 1 is 0.738 bits per heavy atom. The van der Waals surface area contributed by atoms with Crippen LogP contribution < -0.4 is 0 Å². The number of nitrogens with zero attached hydrogens (tertiary/aromatic N) is 2. The number of benzene rings is 3. The van der Waals surface area contributed by atoms with Crippen LogP contribution in [0, 0.1) is 0 Å². The second-order valence-electron chi connectivity index (χ2n) is 9.61. The van der Waals surface area contributed by atoms with Gasteiger partial charge in [0.05, 0.1) is 10.5 Å². The van der Waals surface area contributed by atoms with Crippen LogP contribution >= 0.6 is 0 Å². The van der Waals surface area contributed by atoms with Gasteiger partial charge < -0.3 is 14.4 Å². The topological polar surface area (TPSA) is 110 Å². The Kier molecular flexibility index (Phi) is 12.1. The maximum absolute atomic E-state index is 13.9. The Balaban J connectivity index is 1.93. The maximum Gasteiger partial charge on any atom is 0.424 e. The van der Waals surface area contributed by atoms with E-state index in [1.54, 1.807) is 4.90 Å². The highest BCUT2D eigenvalue weighted by molar-refractivity contribution is 7.89. The predicted octanol–water partition coefficient (Wildman–Crippen LogP) is 5.43. The Hall–Kier alpha value is -4.18. The van der Waals surface area contributed by atoms with Gasteiger partial charge in [0.25, 0.3) is 15.9 Å². The summed E-state index contributed by atoms with van der Waals surface area (Å²) >= 11 is 0. The van der Waals surface area contributed by atoms with Gasteiger partial charge in [-0.25, -0.2) is 22.3 Å². The molecule has 0 aliphatic rings. The summed E-state index contributed by atoms with van der Waals surface area (Å²) in [5.41, 5.74) is 1.82. The molecular formula is C32H38N2O7S. The minimum absolute atomic E-state index is 0.00987. The van der Waals surface area contributed by atoms with E-state index < -0.39 is 34.6 Å². The Labute approximate surface area is 248 Å². The van der Waals surface area contributed by atoms with Gasteiger partial charge in [0.15, 0.2) is 6.61 Å². The highest BCUT2D eigenvalue weighted by Crippen LogP contribution is 2.27. The maximum atomic E-state index is 13.9. The fourth-order valence-corrected chi connectivity index (χ4v) is 6.06. The molecule has 0 N–H and O–H groups in total. The van der Waals surface area contributed by atoms with E-state index in [1.807, 2.05) is 74.5 Å². The van der Waals surface area contributed by atoms with Gasteiger partial charge in [0, 0.05) is 19.6 Å². The third-order valence-electron chi connectivity index (χ3n) is 6.51. The lowest BCUT2D eigenvalue weighted by Gasteiger charge is -2.24. The van der Waals surface area contributed by atoms with Crippen LogP contribution in [0.2, 0.25) is 0 Å². The van der Waals surface area contributed by atoms with Crippen molar-refractivity contribution in [2.24, 2.45) is 0 Å². The molecule has 0 aliphatic heterocycles. The van der Waals surface area contributed by atoms with Gasteiger partial charge in [-0.2, -0.15) is 0 Å². The molecule has 9 nitrogen and oxygen atoms in total. The minimum atomic E-state index is -4.49. The molecule has 224 valence electrons. The number of carbonyl (C=O) groups is 3. The summed E-state index contributed by atoms with van der Waals surface area (Å²) in [6, 6.07) is 22.5. The molecule has 0 heterocycles. The minimum Gasteiger partial charge on any atom is -0.457 e. The number of sulfonamides is 1. The van der Waals surface area contributed by atoms with Crippen LogP contribution in [-0.4, -0.2) is 61.8 Å². The van der Waals surface area contributed by atoms with Gasteiger partial charge in [-0.05, 0) is 55.0 Å². The molecule has 0 atom stereocenters. The third-order valence-corrected chi connectivity index (χ3v) is 8.43. The van der Waals surface area contributed by atoms with Crippen molar-refractivity contribution in [2.75, 3.05) is 26.2 Å². The molecule has 42 heavy (non-hydrogen) atoms.